The Balaban J connectivity index is 1.68. The predicted octanol–water partition coefficient (Wildman–Crippen LogP) is 5.50. The van der Waals surface area contributed by atoms with Gasteiger partial charge in [0, 0.05) is 12.3 Å². The zero-order valence-corrected chi connectivity index (χ0v) is 16.3. The van der Waals surface area contributed by atoms with Crippen molar-refractivity contribution in [3.05, 3.63) is 71.0 Å². The fraction of sp³-hybridized carbons (Fsp3) is 0.300. The highest BCUT2D eigenvalue weighted by Crippen LogP contribution is 2.31. The van der Waals surface area contributed by atoms with Crippen molar-refractivity contribution in [1.29, 1.82) is 0 Å². The summed E-state index contributed by atoms with van der Waals surface area (Å²) in [5.74, 6) is 1.84. The van der Waals surface area contributed by atoms with Crippen LogP contribution >= 0.6 is 11.8 Å². The van der Waals surface area contributed by atoms with E-state index in [1.54, 1.807) is 6.07 Å². The van der Waals surface area contributed by atoms with Crippen LogP contribution < -0.4 is 4.74 Å². The molecule has 0 bridgehead atoms. The van der Waals surface area contributed by atoms with Crippen LogP contribution in [0.4, 0.5) is 13.2 Å². The molecule has 3 aromatic rings. The molecule has 8 heteroatoms. The third-order valence-corrected chi connectivity index (χ3v) is 5.22. The van der Waals surface area contributed by atoms with E-state index in [-0.39, 0.29) is 6.61 Å². The van der Waals surface area contributed by atoms with Gasteiger partial charge in [-0.05, 0) is 37.1 Å². The Labute approximate surface area is 165 Å². The molecule has 1 aromatic heterocycles. The molecule has 148 valence electrons. The van der Waals surface area contributed by atoms with Crippen molar-refractivity contribution < 1.29 is 17.9 Å². The molecule has 0 amide bonds. The first-order valence-corrected chi connectivity index (χ1v) is 9.76. The minimum absolute atomic E-state index is 0.274. The summed E-state index contributed by atoms with van der Waals surface area (Å²) in [6.45, 7) is 4.85. The maximum absolute atomic E-state index is 12.9. The molecule has 0 aliphatic heterocycles. The quantitative estimate of drug-likeness (QED) is 0.485. The summed E-state index contributed by atoms with van der Waals surface area (Å²) in [5.41, 5.74) is 0.974. The Morgan fingerprint density at radius 1 is 1.07 bits per heavy atom. The SMILES string of the molecule is CCn1c(COc2ccccc2C)nnc1SCc1cccc(C(F)(F)F)c1. The van der Waals surface area contributed by atoms with Crippen LogP contribution in [0.15, 0.2) is 53.7 Å². The van der Waals surface area contributed by atoms with Gasteiger partial charge in [-0.25, -0.2) is 0 Å². The summed E-state index contributed by atoms with van der Waals surface area (Å²) in [5, 5.41) is 9.03. The van der Waals surface area contributed by atoms with Crippen LogP contribution in [0.2, 0.25) is 0 Å². The molecule has 0 aliphatic carbocycles. The molecule has 0 spiro atoms. The molecule has 28 heavy (non-hydrogen) atoms. The number of hydrogen-bond acceptors (Lipinski definition) is 4. The third-order valence-electron chi connectivity index (χ3n) is 4.18. The minimum atomic E-state index is -4.34. The van der Waals surface area contributed by atoms with Crippen LogP contribution in [0.25, 0.3) is 0 Å². The van der Waals surface area contributed by atoms with Gasteiger partial charge in [0.2, 0.25) is 0 Å². The topological polar surface area (TPSA) is 39.9 Å². The molecule has 0 atom stereocenters. The lowest BCUT2D eigenvalue weighted by molar-refractivity contribution is -0.137. The molecular weight excluding hydrogens is 387 g/mol. The van der Waals surface area contributed by atoms with Crippen LogP contribution in [0.5, 0.6) is 5.75 Å². The number of alkyl halides is 3. The van der Waals surface area contributed by atoms with Crippen LogP contribution in [0.1, 0.15) is 29.4 Å². The zero-order chi connectivity index (χ0) is 20.1. The first-order valence-electron chi connectivity index (χ1n) is 8.78. The summed E-state index contributed by atoms with van der Waals surface area (Å²) in [7, 11) is 0. The van der Waals surface area contributed by atoms with Crippen LogP contribution in [-0.4, -0.2) is 14.8 Å². The largest absolute Gasteiger partial charge is 0.485 e. The second-order valence-electron chi connectivity index (χ2n) is 6.18. The number of ether oxygens (including phenoxy) is 1. The molecule has 3 rings (SSSR count). The smallest absolute Gasteiger partial charge is 0.416 e. The van der Waals surface area contributed by atoms with Crippen molar-refractivity contribution in [2.45, 2.75) is 44.1 Å². The van der Waals surface area contributed by atoms with E-state index in [0.717, 1.165) is 17.4 Å². The van der Waals surface area contributed by atoms with Gasteiger partial charge in [-0.15, -0.1) is 10.2 Å². The Morgan fingerprint density at radius 2 is 1.86 bits per heavy atom. The van der Waals surface area contributed by atoms with E-state index in [1.807, 2.05) is 42.7 Å². The number of hydrogen-bond donors (Lipinski definition) is 0. The number of thioether (sulfide) groups is 1. The van der Waals surface area contributed by atoms with E-state index in [0.29, 0.717) is 28.8 Å². The van der Waals surface area contributed by atoms with E-state index >= 15 is 0 Å². The second kappa shape index (κ2) is 8.68. The van der Waals surface area contributed by atoms with Crippen molar-refractivity contribution in [2.24, 2.45) is 0 Å². The Bertz CT molecular complexity index is 940. The Kier molecular flexibility index (Phi) is 6.28. The van der Waals surface area contributed by atoms with E-state index in [9.17, 15) is 13.2 Å². The number of nitrogens with zero attached hydrogens (tertiary/aromatic N) is 3. The number of aryl methyl sites for hydroxylation is 1. The molecule has 0 saturated heterocycles. The average Bonchev–Trinajstić information content (AvgIpc) is 3.07. The molecular formula is C20H20F3N3OS. The third kappa shape index (κ3) is 4.86. The standard InChI is InChI=1S/C20H20F3N3OS/c1-3-26-18(12-27-17-10-5-4-7-14(17)2)24-25-19(26)28-13-15-8-6-9-16(11-15)20(21,22)23/h4-11H,3,12-13H2,1-2H3. The highest BCUT2D eigenvalue weighted by molar-refractivity contribution is 7.98. The van der Waals surface area contributed by atoms with Crippen molar-refractivity contribution in [1.82, 2.24) is 14.8 Å². The van der Waals surface area contributed by atoms with Gasteiger partial charge in [0.15, 0.2) is 11.0 Å². The lowest BCUT2D eigenvalue weighted by Gasteiger charge is -2.11. The van der Waals surface area contributed by atoms with Crippen molar-refractivity contribution in [3.63, 3.8) is 0 Å². The van der Waals surface area contributed by atoms with E-state index < -0.39 is 11.7 Å². The Hall–Kier alpha value is -2.48. The van der Waals surface area contributed by atoms with Crippen molar-refractivity contribution in [2.75, 3.05) is 0 Å². The van der Waals surface area contributed by atoms with Crippen LogP contribution in [0, 0.1) is 6.92 Å². The molecule has 2 aromatic carbocycles. The average molecular weight is 407 g/mol. The second-order valence-corrected chi connectivity index (χ2v) is 7.13. The molecule has 1 heterocycles. The van der Waals surface area contributed by atoms with Gasteiger partial charge in [0.25, 0.3) is 0 Å². The fourth-order valence-corrected chi connectivity index (χ4v) is 3.66. The van der Waals surface area contributed by atoms with Gasteiger partial charge in [0.05, 0.1) is 5.56 Å². The molecule has 4 nitrogen and oxygen atoms in total. The maximum atomic E-state index is 12.9. The fourth-order valence-electron chi connectivity index (χ4n) is 2.70. The van der Waals surface area contributed by atoms with Crippen LogP contribution in [-0.2, 0) is 25.1 Å². The summed E-state index contributed by atoms with van der Waals surface area (Å²) in [4.78, 5) is 0. The summed E-state index contributed by atoms with van der Waals surface area (Å²) in [6.07, 6.45) is -4.34. The number of halogens is 3. The van der Waals surface area contributed by atoms with E-state index in [2.05, 4.69) is 10.2 Å². The van der Waals surface area contributed by atoms with Gasteiger partial charge >= 0.3 is 6.18 Å². The van der Waals surface area contributed by atoms with Gasteiger partial charge in [-0.1, -0.05) is 48.2 Å². The molecule has 0 N–H and O–H groups in total. The lowest BCUT2D eigenvalue weighted by Crippen LogP contribution is -2.07. The molecule has 0 radical (unpaired) electrons. The van der Waals surface area contributed by atoms with Crippen LogP contribution in [0.3, 0.4) is 0 Å². The first kappa shape index (κ1) is 20.3. The molecule has 0 fully saturated rings. The summed E-state index contributed by atoms with van der Waals surface area (Å²) in [6, 6.07) is 13.1. The minimum Gasteiger partial charge on any atom is -0.485 e. The van der Waals surface area contributed by atoms with Gasteiger partial charge < -0.3 is 9.30 Å². The Morgan fingerprint density at radius 3 is 2.57 bits per heavy atom. The number of para-hydroxylation sites is 1. The first-order chi connectivity index (χ1) is 13.4. The van der Waals surface area contributed by atoms with Crippen molar-refractivity contribution in [3.8, 4) is 5.75 Å². The van der Waals surface area contributed by atoms with Gasteiger partial charge in [-0.2, -0.15) is 13.2 Å². The predicted molar refractivity (Wildman–Crippen MR) is 102 cm³/mol. The monoisotopic (exact) mass is 407 g/mol. The molecule has 0 unspecified atom stereocenters. The normalized spacial score (nSPS) is 11.6. The highest BCUT2D eigenvalue weighted by atomic mass is 32.2. The highest BCUT2D eigenvalue weighted by Gasteiger charge is 2.30. The van der Waals surface area contributed by atoms with Gasteiger partial charge in [-0.3, -0.25) is 0 Å². The summed E-state index contributed by atoms with van der Waals surface area (Å²) >= 11 is 1.36. The number of benzene rings is 2. The lowest BCUT2D eigenvalue weighted by atomic mass is 10.1. The number of aromatic nitrogens is 3. The molecule has 0 saturated carbocycles. The van der Waals surface area contributed by atoms with Crippen molar-refractivity contribution >= 4 is 11.8 Å². The van der Waals surface area contributed by atoms with E-state index in [4.69, 9.17) is 4.74 Å². The maximum Gasteiger partial charge on any atom is 0.416 e. The number of rotatable bonds is 7. The van der Waals surface area contributed by atoms with Gasteiger partial charge in [0.1, 0.15) is 12.4 Å². The molecule has 0 aliphatic rings. The zero-order valence-electron chi connectivity index (χ0n) is 15.5. The summed E-state index contributed by atoms with van der Waals surface area (Å²) < 4.78 is 46.3. The van der Waals surface area contributed by atoms with E-state index in [1.165, 1.54) is 23.9 Å².